The molecule has 1 saturated carbocycles. The number of alkyl halides is 2. The van der Waals surface area contributed by atoms with Crippen LogP contribution >= 0.6 is 0 Å². The minimum absolute atomic E-state index is 0.0499. The molecule has 1 atom stereocenters. The number of hydrogen-bond donors (Lipinski definition) is 0. The summed E-state index contributed by atoms with van der Waals surface area (Å²) in [4.78, 5) is 16.3. The number of hydroxylamine groups is 2. The number of rotatable bonds is 3. The van der Waals surface area contributed by atoms with Crippen molar-refractivity contribution in [1.29, 1.82) is 0 Å². The number of nitrogens with zero attached hydrogens (tertiary/aromatic N) is 1. The van der Waals surface area contributed by atoms with Crippen molar-refractivity contribution in [2.45, 2.75) is 25.2 Å². The summed E-state index contributed by atoms with van der Waals surface area (Å²) < 4.78 is 24.9. The van der Waals surface area contributed by atoms with Crippen molar-refractivity contribution in [2.75, 3.05) is 13.2 Å². The molecule has 0 spiro atoms. The van der Waals surface area contributed by atoms with E-state index in [-0.39, 0.29) is 18.7 Å². The van der Waals surface area contributed by atoms with E-state index in [4.69, 9.17) is 4.84 Å². The van der Waals surface area contributed by atoms with E-state index in [1.807, 2.05) is 0 Å². The molecule has 3 nitrogen and oxygen atoms in total. The molecule has 1 aliphatic carbocycles. The minimum Gasteiger partial charge on any atom is -0.271 e. The lowest BCUT2D eigenvalue weighted by molar-refractivity contribution is -0.162. The molecule has 1 aliphatic heterocycles. The Morgan fingerprint density at radius 2 is 2.33 bits per heavy atom. The van der Waals surface area contributed by atoms with Crippen LogP contribution in [-0.4, -0.2) is 30.0 Å². The molecular formula is C10H13F2NO2. The van der Waals surface area contributed by atoms with Gasteiger partial charge < -0.3 is 0 Å². The van der Waals surface area contributed by atoms with Gasteiger partial charge >= 0.3 is 0 Å². The fraction of sp³-hybridized carbons (Fsp3) is 0.700. The van der Waals surface area contributed by atoms with Gasteiger partial charge in [-0.05, 0) is 12.8 Å². The first-order valence-corrected chi connectivity index (χ1v) is 5.08. The Bertz CT molecular complexity index is 285. The van der Waals surface area contributed by atoms with E-state index < -0.39 is 11.8 Å². The Labute approximate surface area is 86.6 Å². The van der Waals surface area contributed by atoms with Crippen LogP contribution < -0.4 is 0 Å². The van der Waals surface area contributed by atoms with Crippen molar-refractivity contribution in [2.24, 2.45) is 5.92 Å². The van der Waals surface area contributed by atoms with Crippen LogP contribution in [0.4, 0.5) is 8.78 Å². The monoisotopic (exact) mass is 217 g/mol. The molecule has 0 aromatic rings. The maximum Gasteiger partial charge on any atom is 0.269 e. The van der Waals surface area contributed by atoms with Crippen molar-refractivity contribution in [3.05, 3.63) is 12.2 Å². The second-order valence-corrected chi connectivity index (χ2v) is 3.93. The van der Waals surface area contributed by atoms with Crippen LogP contribution in [0, 0.1) is 5.92 Å². The molecule has 0 bridgehead atoms. The highest BCUT2D eigenvalue weighted by molar-refractivity contribution is 5.86. The number of halogens is 2. The third-order valence-corrected chi connectivity index (χ3v) is 2.64. The van der Waals surface area contributed by atoms with Crippen molar-refractivity contribution in [3.8, 4) is 0 Å². The second kappa shape index (κ2) is 3.89. The molecule has 84 valence electrons. The smallest absolute Gasteiger partial charge is 0.269 e. The van der Waals surface area contributed by atoms with E-state index in [0.717, 1.165) is 6.42 Å². The van der Waals surface area contributed by atoms with Gasteiger partial charge in [-0.25, -0.2) is 13.8 Å². The van der Waals surface area contributed by atoms with Crippen LogP contribution in [0.3, 0.4) is 0 Å². The fourth-order valence-electron chi connectivity index (χ4n) is 1.56. The van der Waals surface area contributed by atoms with E-state index in [9.17, 15) is 13.6 Å². The molecule has 1 amide bonds. The Balaban J connectivity index is 1.72. The average Bonchev–Trinajstić information content (AvgIpc) is 2.68. The van der Waals surface area contributed by atoms with Gasteiger partial charge in [-0.3, -0.25) is 9.63 Å². The Morgan fingerprint density at radius 3 is 2.87 bits per heavy atom. The molecule has 0 aromatic heterocycles. The molecule has 0 aromatic carbocycles. The quantitative estimate of drug-likeness (QED) is 0.674. The predicted molar refractivity (Wildman–Crippen MR) is 49.1 cm³/mol. The molecule has 2 rings (SSSR count). The zero-order chi connectivity index (χ0) is 10.9. The van der Waals surface area contributed by atoms with Gasteiger partial charge in [0.1, 0.15) is 0 Å². The first kappa shape index (κ1) is 10.5. The normalized spacial score (nSPS) is 28.7. The standard InChI is InChI=1S/C10H13F2NO2/c11-10(12)7-8(10)3-1-4-9(14)13-5-2-6-15-13/h1,4,8H,2-3,5-7H2/b4-1+. The maximum absolute atomic E-state index is 12.5. The Hall–Kier alpha value is -0.970. The van der Waals surface area contributed by atoms with Crippen molar-refractivity contribution < 1.29 is 18.4 Å². The van der Waals surface area contributed by atoms with E-state index >= 15 is 0 Å². The van der Waals surface area contributed by atoms with E-state index in [2.05, 4.69) is 0 Å². The number of amides is 1. The lowest BCUT2D eigenvalue weighted by atomic mass is 10.2. The fourth-order valence-corrected chi connectivity index (χ4v) is 1.56. The molecule has 15 heavy (non-hydrogen) atoms. The first-order valence-electron chi connectivity index (χ1n) is 5.08. The number of hydrogen-bond acceptors (Lipinski definition) is 2. The van der Waals surface area contributed by atoms with Crippen LogP contribution in [0.15, 0.2) is 12.2 Å². The van der Waals surface area contributed by atoms with Gasteiger partial charge in [-0.15, -0.1) is 0 Å². The van der Waals surface area contributed by atoms with Crippen LogP contribution in [0.5, 0.6) is 0 Å². The summed E-state index contributed by atoms with van der Waals surface area (Å²) in [6.07, 6.45) is 3.88. The molecular weight excluding hydrogens is 204 g/mol. The van der Waals surface area contributed by atoms with Crippen molar-refractivity contribution >= 4 is 5.91 Å². The topological polar surface area (TPSA) is 29.5 Å². The molecule has 1 heterocycles. The summed E-state index contributed by atoms with van der Waals surface area (Å²) in [7, 11) is 0. The van der Waals surface area contributed by atoms with Gasteiger partial charge in [-0.2, -0.15) is 0 Å². The molecule has 2 aliphatic rings. The number of carbonyl (C=O) groups excluding carboxylic acids is 1. The van der Waals surface area contributed by atoms with Crippen LogP contribution in [0.25, 0.3) is 0 Å². The second-order valence-electron chi connectivity index (χ2n) is 3.93. The zero-order valence-corrected chi connectivity index (χ0v) is 8.29. The Morgan fingerprint density at radius 1 is 1.60 bits per heavy atom. The van der Waals surface area contributed by atoms with E-state index in [0.29, 0.717) is 13.2 Å². The SMILES string of the molecule is O=C(/C=C/CC1CC1(F)F)N1CCCO1. The lowest BCUT2D eigenvalue weighted by Gasteiger charge is -2.10. The summed E-state index contributed by atoms with van der Waals surface area (Å²) in [6, 6.07) is 0. The Kier molecular flexibility index (Phi) is 2.73. The first-order chi connectivity index (χ1) is 7.09. The number of allylic oxidation sites excluding steroid dienone is 1. The highest BCUT2D eigenvalue weighted by Crippen LogP contribution is 2.50. The third kappa shape index (κ3) is 2.53. The summed E-state index contributed by atoms with van der Waals surface area (Å²) in [5, 5.41) is 1.27. The average molecular weight is 217 g/mol. The molecule has 1 unspecified atom stereocenters. The van der Waals surface area contributed by atoms with Crippen LogP contribution in [0.2, 0.25) is 0 Å². The van der Waals surface area contributed by atoms with E-state index in [1.165, 1.54) is 17.2 Å². The summed E-state index contributed by atoms with van der Waals surface area (Å²) in [5.41, 5.74) is 0. The van der Waals surface area contributed by atoms with Crippen molar-refractivity contribution in [3.63, 3.8) is 0 Å². The highest BCUT2D eigenvalue weighted by Gasteiger charge is 2.55. The number of carbonyl (C=O) groups is 1. The third-order valence-electron chi connectivity index (χ3n) is 2.64. The molecule has 0 radical (unpaired) electrons. The zero-order valence-electron chi connectivity index (χ0n) is 8.29. The molecule has 5 heteroatoms. The van der Waals surface area contributed by atoms with Gasteiger partial charge in [0.2, 0.25) is 0 Å². The van der Waals surface area contributed by atoms with Gasteiger partial charge in [0.05, 0.1) is 13.2 Å². The molecule has 1 saturated heterocycles. The minimum atomic E-state index is -2.50. The predicted octanol–water partition coefficient (Wildman–Crippen LogP) is 1.75. The maximum atomic E-state index is 12.5. The lowest BCUT2D eigenvalue weighted by Crippen LogP contribution is -2.24. The van der Waals surface area contributed by atoms with Gasteiger partial charge in [-0.1, -0.05) is 6.08 Å². The van der Waals surface area contributed by atoms with Gasteiger partial charge in [0.15, 0.2) is 0 Å². The van der Waals surface area contributed by atoms with Crippen LogP contribution in [0.1, 0.15) is 19.3 Å². The van der Waals surface area contributed by atoms with Gasteiger partial charge in [0, 0.05) is 18.4 Å². The van der Waals surface area contributed by atoms with Crippen LogP contribution in [-0.2, 0) is 9.63 Å². The molecule has 0 N–H and O–H groups in total. The highest BCUT2D eigenvalue weighted by atomic mass is 19.3. The van der Waals surface area contributed by atoms with E-state index in [1.54, 1.807) is 0 Å². The largest absolute Gasteiger partial charge is 0.271 e. The van der Waals surface area contributed by atoms with Crippen molar-refractivity contribution in [1.82, 2.24) is 5.06 Å². The molecule has 2 fully saturated rings. The summed E-state index contributed by atoms with van der Waals surface area (Å²) >= 11 is 0. The summed E-state index contributed by atoms with van der Waals surface area (Å²) in [6.45, 7) is 1.14. The van der Waals surface area contributed by atoms with Gasteiger partial charge in [0.25, 0.3) is 11.8 Å². The summed E-state index contributed by atoms with van der Waals surface area (Å²) in [5.74, 6) is -3.32.